The van der Waals surface area contributed by atoms with Crippen LogP contribution < -0.4 is 15.0 Å². The van der Waals surface area contributed by atoms with Gasteiger partial charge in [-0.25, -0.2) is 0 Å². The molecule has 3 saturated heterocycles. The van der Waals surface area contributed by atoms with Crippen LogP contribution in [0.3, 0.4) is 0 Å². The molecule has 3 aliphatic heterocycles. The minimum Gasteiger partial charge on any atom is -0.507 e. The van der Waals surface area contributed by atoms with Crippen LogP contribution in [0.4, 0.5) is 11.5 Å². The molecule has 1 amide bonds. The molecule has 266 valence electrons. The van der Waals surface area contributed by atoms with Crippen LogP contribution >= 0.6 is 0 Å². The van der Waals surface area contributed by atoms with E-state index in [9.17, 15) is 15.0 Å². The molecule has 3 aliphatic rings. The number of anilines is 2. The number of aliphatic hydroxyl groups excluding tert-OH is 1. The van der Waals surface area contributed by atoms with Crippen molar-refractivity contribution < 1.29 is 24.3 Å². The zero-order chi connectivity index (χ0) is 34.5. The molecule has 3 aromatic rings. The van der Waals surface area contributed by atoms with E-state index in [2.05, 4.69) is 42.3 Å². The molecule has 5 heterocycles. The van der Waals surface area contributed by atoms with Crippen LogP contribution in [0.2, 0.25) is 0 Å². The molecule has 2 aromatic heterocycles. The van der Waals surface area contributed by atoms with Crippen LogP contribution in [0.15, 0.2) is 40.9 Å². The number of likely N-dealkylation sites (tertiary alicyclic amines) is 2. The molecule has 2 unspecified atom stereocenters. The molecular weight excluding hydrogens is 624 g/mol. The zero-order valence-corrected chi connectivity index (χ0v) is 29.3. The van der Waals surface area contributed by atoms with Gasteiger partial charge in [-0.1, -0.05) is 26.0 Å². The molecule has 0 radical (unpaired) electrons. The van der Waals surface area contributed by atoms with Crippen molar-refractivity contribution in [3.05, 3.63) is 42.2 Å². The lowest BCUT2D eigenvalue weighted by molar-refractivity contribution is -0.133. The molecule has 49 heavy (non-hydrogen) atoms. The van der Waals surface area contributed by atoms with Gasteiger partial charge in [0.25, 0.3) is 5.88 Å². The van der Waals surface area contributed by atoms with Crippen molar-refractivity contribution in [2.45, 2.75) is 58.2 Å². The summed E-state index contributed by atoms with van der Waals surface area (Å²) >= 11 is 0. The summed E-state index contributed by atoms with van der Waals surface area (Å²) in [6.45, 7) is 14.7. The van der Waals surface area contributed by atoms with Crippen LogP contribution in [0.1, 0.15) is 51.7 Å². The first-order chi connectivity index (χ1) is 23.7. The Hall–Kier alpha value is -3.94. The number of carbonyl (C=O) groups excluding carboxylic acids is 1. The number of ether oxygens (including phenoxy) is 1. The SMILES string of the molecule is CNc1nnc(-c2ccccc2O)cc1N1CCN(CC2CCCN(CC(C)Oc3cc([C@H](C(=O)N4CC[C@@H](O)C4)C(C)C)on3)C2)CC1. The van der Waals surface area contributed by atoms with Crippen molar-refractivity contribution in [1.29, 1.82) is 0 Å². The number of aromatic hydroxyl groups is 1. The minimum atomic E-state index is -0.459. The quantitative estimate of drug-likeness (QED) is 0.258. The van der Waals surface area contributed by atoms with Crippen LogP contribution in [-0.2, 0) is 4.79 Å². The predicted molar refractivity (Wildman–Crippen MR) is 188 cm³/mol. The van der Waals surface area contributed by atoms with Crippen LogP contribution in [-0.4, -0.2) is 131 Å². The highest BCUT2D eigenvalue weighted by Crippen LogP contribution is 2.33. The van der Waals surface area contributed by atoms with E-state index in [0.29, 0.717) is 48.3 Å². The summed E-state index contributed by atoms with van der Waals surface area (Å²) < 4.78 is 11.8. The largest absolute Gasteiger partial charge is 0.507 e. The zero-order valence-electron chi connectivity index (χ0n) is 29.3. The van der Waals surface area contributed by atoms with Gasteiger partial charge in [-0.05, 0) is 67.9 Å². The van der Waals surface area contributed by atoms with Crippen molar-refractivity contribution >= 4 is 17.4 Å². The van der Waals surface area contributed by atoms with Crippen molar-refractivity contribution in [3.63, 3.8) is 0 Å². The van der Waals surface area contributed by atoms with Crippen LogP contribution in [0.25, 0.3) is 11.3 Å². The highest BCUT2D eigenvalue weighted by molar-refractivity contribution is 5.83. The van der Waals surface area contributed by atoms with E-state index in [0.717, 1.165) is 70.3 Å². The number of para-hydroxylation sites is 1. The maximum absolute atomic E-state index is 13.2. The number of β-amino-alcohol motifs (C(OH)–C–C–N with tert-alkyl or cyclic N) is 1. The number of aliphatic hydroxyl groups is 1. The summed E-state index contributed by atoms with van der Waals surface area (Å²) in [7, 11) is 1.86. The molecule has 3 N–H and O–H groups in total. The lowest BCUT2D eigenvalue weighted by Gasteiger charge is -2.40. The number of carbonyl (C=O) groups is 1. The maximum atomic E-state index is 13.2. The Morgan fingerprint density at radius 3 is 2.53 bits per heavy atom. The van der Waals surface area contributed by atoms with E-state index in [1.807, 2.05) is 39.1 Å². The minimum absolute atomic E-state index is 0.0260. The fourth-order valence-electron chi connectivity index (χ4n) is 7.58. The summed E-state index contributed by atoms with van der Waals surface area (Å²) in [4.78, 5) is 22.4. The van der Waals surface area contributed by atoms with Gasteiger partial charge in [-0.3, -0.25) is 14.6 Å². The third kappa shape index (κ3) is 8.45. The van der Waals surface area contributed by atoms with Crippen molar-refractivity contribution in [1.82, 2.24) is 30.1 Å². The van der Waals surface area contributed by atoms with Crippen molar-refractivity contribution in [2.75, 3.05) is 82.7 Å². The number of hydrogen-bond acceptors (Lipinski definition) is 12. The lowest BCUT2D eigenvalue weighted by atomic mass is 9.92. The summed E-state index contributed by atoms with van der Waals surface area (Å²) in [5.41, 5.74) is 2.34. The Labute approximate surface area is 289 Å². The van der Waals surface area contributed by atoms with E-state index in [4.69, 9.17) is 9.26 Å². The summed E-state index contributed by atoms with van der Waals surface area (Å²) in [6, 6.07) is 11.0. The Balaban J connectivity index is 0.982. The standard InChI is InChI=1S/C36H52N8O5/c1-24(2)34(36(47)44-13-11-27(45)23-44)32-19-33(40-49-32)48-25(3)20-42-12-7-8-26(22-42)21-41-14-16-43(17-15-41)30-18-29(38-39-35(30)37-4)28-9-5-6-10-31(28)46/h5-6,9-10,18-19,24-27,34,45-46H,7-8,11-17,20-23H2,1-4H3,(H,37,39)/t25?,26?,27-,34-/m1/s1. The molecular formula is C36H52N8O5. The number of phenolic OH excluding ortho intramolecular Hbond substituents is 1. The fourth-order valence-corrected chi connectivity index (χ4v) is 7.58. The second-order valence-corrected chi connectivity index (χ2v) is 14.2. The monoisotopic (exact) mass is 676 g/mol. The number of hydrogen-bond donors (Lipinski definition) is 3. The van der Waals surface area contributed by atoms with E-state index in [1.165, 1.54) is 6.42 Å². The van der Waals surface area contributed by atoms with Gasteiger partial charge in [0.1, 0.15) is 17.8 Å². The van der Waals surface area contributed by atoms with Gasteiger partial charge < -0.3 is 34.6 Å². The first kappa shape index (κ1) is 34.9. The van der Waals surface area contributed by atoms with E-state index < -0.39 is 12.0 Å². The Bertz CT molecular complexity index is 1540. The highest BCUT2D eigenvalue weighted by Gasteiger charge is 2.35. The number of aromatic nitrogens is 3. The van der Waals surface area contributed by atoms with E-state index >= 15 is 0 Å². The number of nitrogens with one attached hydrogen (secondary N) is 1. The number of rotatable bonds is 12. The molecule has 6 rings (SSSR count). The number of piperazine rings is 1. The molecule has 4 atom stereocenters. The topological polar surface area (TPSA) is 144 Å². The smallest absolute Gasteiger partial charge is 0.254 e. The lowest BCUT2D eigenvalue weighted by Crippen LogP contribution is -2.50. The first-order valence-corrected chi connectivity index (χ1v) is 17.8. The highest BCUT2D eigenvalue weighted by atomic mass is 16.5. The average molecular weight is 677 g/mol. The Morgan fingerprint density at radius 2 is 1.82 bits per heavy atom. The Morgan fingerprint density at radius 1 is 1.02 bits per heavy atom. The van der Waals surface area contributed by atoms with Gasteiger partial charge in [-0.15, -0.1) is 10.2 Å². The fraction of sp³-hybridized carbons (Fsp3) is 0.611. The number of benzene rings is 1. The van der Waals surface area contributed by atoms with Crippen molar-refractivity contribution in [2.24, 2.45) is 11.8 Å². The number of amides is 1. The maximum Gasteiger partial charge on any atom is 0.254 e. The number of nitrogens with zero attached hydrogens (tertiary/aromatic N) is 7. The summed E-state index contributed by atoms with van der Waals surface area (Å²) in [6.07, 6.45) is 2.45. The molecule has 0 saturated carbocycles. The van der Waals surface area contributed by atoms with E-state index in [1.54, 1.807) is 23.1 Å². The van der Waals surface area contributed by atoms with E-state index in [-0.39, 0.29) is 23.7 Å². The predicted octanol–water partition coefficient (Wildman–Crippen LogP) is 3.51. The van der Waals surface area contributed by atoms with Crippen LogP contribution in [0, 0.1) is 11.8 Å². The van der Waals surface area contributed by atoms with Gasteiger partial charge in [0.05, 0.1) is 17.5 Å². The molecule has 1 aromatic carbocycles. The summed E-state index contributed by atoms with van der Waals surface area (Å²) in [5.74, 6) is 2.00. The molecule has 0 aliphatic carbocycles. The molecule has 13 nitrogen and oxygen atoms in total. The normalized spacial score (nSPS) is 22.0. The average Bonchev–Trinajstić information content (AvgIpc) is 3.74. The Kier molecular flexibility index (Phi) is 11.2. The molecule has 3 fully saturated rings. The van der Waals surface area contributed by atoms with Gasteiger partial charge >= 0.3 is 0 Å². The molecule has 0 bridgehead atoms. The van der Waals surface area contributed by atoms with Gasteiger partial charge in [-0.2, -0.15) is 0 Å². The summed E-state index contributed by atoms with van der Waals surface area (Å²) in [5, 5.41) is 36.4. The van der Waals surface area contributed by atoms with Crippen molar-refractivity contribution in [3.8, 4) is 22.9 Å². The second-order valence-electron chi connectivity index (χ2n) is 14.2. The third-order valence-corrected chi connectivity index (χ3v) is 10.1. The van der Waals surface area contributed by atoms with Gasteiger partial charge in [0.15, 0.2) is 11.6 Å². The second kappa shape index (κ2) is 15.7. The van der Waals surface area contributed by atoms with Crippen LogP contribution in [0.5, 0.6) is 11.6 Å². The van der Waals surface area contributed by atoms with Gasteiger partial charge in [0.2, 0.25) is 5.91 Å². The van der Waals surface area contributed by atoms with Gasteiger partial charge in [0, 0.05) is 77.6 Å². The third-order valence-electron chi connectivity index (χ3n) is 10.1. The number of phenols is 1. The molecule has 0 spiro atoms. The molecule has 13 heteroatoms. The first-order valence-electron chi connectivity index (χ1n) is 17.8. The number of piperidine rings is 1.